The predicted molar refractivity (Wildman–Crippen MR) is 65.6 cm³/mol. The second-order valence-corrected chi connectivity index (χ2v) is 6.45. The van der Waals surface area contributed by atoms with Crippen molar-refractivity contribution in [1.82, 2.24) is 9.71 Å². The van der Waals surface area contributed by atoms with E-state index in [4.69, 9.17) is 5.11 Å². The summed E-state index contributed by atoms with van der Waals surface area (Å²) in [6, 6.07) is 2.45. The summed E-state index contributed by atoms with van der Waals surface area (Å²) in [6.45, 7) is 0.398. The van der Waals surface area contributed by atoms with Gasteiger partial charge in [-0.25, -0.2) is 13.1 Å². The van der Waals surface area contributed by atoms with Gasteiger partial charge in [-0.05, 0) is 30.7 Å². The first-order chi connectivity index (χ1) is 8.47. The van der Waals surface area contributed by atoms with E-state index in [0.29, 0.717) is 13.0 Å². The van der Waals surface area contributed by atoms with Gasteiger partial charge in [0.15, 0.2) is 0 Å². The molecule has 1 aliphatic rings. The Morgan fingerprint density at radius 2 is 2.11 bits per heavy atom. The minimum atomic E-state index is -3.59. The van der Waals surface area contributed by atoms with E-state index in [-0.39, 0.29) is 22.5 Å². The lowest BCUT2D eigenvalue weighted by Gasteiger charge is -2.14. The molecule has 0 spiro atoms. The van der Waals surface area contributed by atoms with E-state index in [2.05, 4.69) is 9.71 Å². The van der Waals surface area contributed by atoms with Crippen molar-refractivity contribution in [3.63, 3.8) is 0 Å². The van der Waals surface area contributed by atoms with Crippen molar-refractivity contribution in [2.24, 2.45) is 5.41 Å². The highest BCUT2D eigenvalue weighted by Crippen LogP contribution is 2.48. The summed E-state index contributed by atoms with van der Waals surface area (Å²) < 4.78 is 26.4. The summed E-state index contributed by atoms with van der Waals surface area (Å²) in [5, 5.41) is 8.90. The van der Waals surface area contributed by atoms with Crippen molar-refractivity contribution >= 4 is 10.0 Å². The summed E-state index contributed by atoms with van der Waals surface area (Å²) in [4.78, 5) is 13.2. The second kappa shape index (κ2) is 4.83. The van der Waals surface area contributed by atoms with Gasteiger partial charge in [0.25, 0.3) is 0 Å². The predicted octanol–water partition coefficient (Wildman–Crippen LogP) is -0.184. The van der Waals surface area contributed by atoms with E-state index in [1.165, 1.54) is 18.3 Å². The highest BCUT2D eigenvalue weighted by atomic mass is 32.2. The molecular formula is C11H16N2O4S. The van der Waals surface area contributed by atoms with Crippen LogP contribution in [0.15, 0.2) is 28.0 Å². The maximum Gasteiger partial charge on any atom is 0.247 e. The zero-order valence-electron chi connectivity index (χ0n) is 9.85. The highest BCUT2D eigenvalue weighted by molar-refractivity contribution is 7.89. The number of H-pyrrole nitrogens is 1. The number of aliphatic hydroxyl groups excluding tert-OH is 1. The first-order valence-corrected chi connectivity index (χ1v) is 7.25. The number of sulfonamides is 1. The van der Waals surface area contributed by atoms with Gasteiger partial charge in [-0.15, -0.1) is 0 Å². The van der Waals surface area contributed by atoms with E-state index >= 15 is 0 Å². The van der Waals surface area contributed by atoms with E-state index in [9.17, 15) is 13.2 Å². The molecule has 1 aromatic heterocycles. The molecule has 0 unspecified atom stereocenters. The van der Waals surface area contributed by atoms with Gasteiger partial charge in [-0.1, -0.05) is 0 Å². The van der Waals surface area contributed by atoms with Gasteiger partial charge in [0, 0.05) is 25.4 Å². The van der Waals surface area contributed by atoms with Crippen molar-refractivity contribution in [1.29, 1.82) is 0 Å². The van der Waals surface area contributed by atoms with Gasteiger partial charge in [-0.2, -0.15) is 0 Å². The van der Waals surface area contributed by atoms with Crippen molar-refractivity contribution in [3.8, 4) is 0 Å². The molecule has 2 rings (SSSR count). The third-order valence-electron chi connectivity index (χ3n) is 3.30. The summed E-state index contributed by atoms with van der Waals surface area (Å²) >= 11 is 0. The third kappa shape index (κ3) is 2.98. The summed E-state index contributed by atoms with van der Waals surface area (Å²) in [5.41, 5.74) is -0.419. The number of hydrogen-bond donors (Lipinski definition) is 3. The third-order valence-corrected chi connectivity index (χ3v) is 4.70. The molecule has 1 saturated carbocycles. The molecule has 7 heteroatoms. The fourth-order valence-corrected chi connectivity index (χ4v) is 2.95. The molecule has 3 N–H and O–H groups in total. The lowest BCUT2D eigenvalue weighted by molar-refractivity contribution is 0.249. The van der Waals surface area contributed by atoms with Gasteiger partial charge in [0.1, 0.15) is 0 Å². The monoisotopic (exact) mass is 272 g/mol. The van der Waals surface area contributed by atoms with Crippen LogP contribution in [0.2, 0.25) is 0 Å². The maximum absolute atomic E-state index is 11.9. The number of aromatic nitrogens is 1. The lowest BCUT2D eigenvalue weighted by atomic mass is 10.0. The van der Waals surface area contributed by atoms with E-state index in [1.54, 1.807) is 0 Å². The first kappa shape index (κ1) is 13.3. The Kier molecular flexibility index (Phi) is 3.56. The fraction of sp³-hybridized carbons (Fsp3) is 0.545. The van der Waals surface area contributed by atoms with Gasteiger partial charge < -0.3 is 10.1 Å². The fourth-order valence-electron chi connectivity index (χ4n) is 1.82. The second-order valence-electron chi connectivity index (χ2n) is 4.69. The molecule has 0 radical (unpaired) electrons. The first-order valence-electron chi connectivity index (χ1n) is 5.77. The summed E-state index contributed by atoms with van der Waals surface area (Å²) in [5.74, 6) is 0. The van der Waals surface area contributed by atoms with Crippen molar-refractivity contribution in [2.75, 3.05) is 13.2 Å². The number of rotatable bonds is 6. The largest absolute Gasteiger partial charge is 0.396 e. The smallest absolute Gasteiger partial charge is 0.247 e. The summed E-state index contributed by atoms with van der Waals surface area (Å²) in [6.07, 6.45) is 3.65. The minimum absolute atomic E-state index is 0.0434. The van der Waals surface area contributed by atoms with Crippen LogP contribution < -0.4 is 10.3 Å². The van der Waals surface area contributed by atoms with Gasteiger partial charge in [0.2, 0.25) is 15.6 Å². The van der Waals surface area contributed by atoms with E-state index in [0.717, 1.165) is 12.8 Å². The number of aromatic amines is 1. The molecule has 18 heavy (non-hydrogen) atoms. The molecule has 0 bridgehead atoms. The Labute approximate surface area is 105 Å². The number of aliphatic hydroxyl groups is 1. The summed E-state index contributed by atoms with van der Waals surface area (Å²) in [7, 11) is -3.59. The number of pyridine rings is 1. The van der Waals surface area contributed by atoms with Crippen LogP contribution in [0.5, 0.6) is 0 Å². The Morgan fingerprint density at radius 3 is 2.61 bits per heavy atom. The molecule has 0 aliphatic heterocycles. The average Bonchev–Trinajstić information content (AvgIpc) is 3.08. The van der Waals surface area contributed by atoms with Crippen LogP contribution in [0, 0.1) is 5.41 Å². The van der Waals surface area contributed by atoms with Gasteiger partial charge >= 0.3 is 0 Å². The lowest BCUT2D eigenvalue weighted by Crippen LogP contribution is -2.31. The number of hydrogen-bond acceptors (Lipinski definition) is 4. The van der Waals surface area contributed by atoms with E-state index in [1.807, 2.05) is 0 Å². The number of nitrogens with one attached hydrogen (secondary N) is 2. The van der Waals surface area contributed by atoms with Crippen LogP contribution in [-0.4, -0.2) is 31.7 Å². The van der Waals surface area contributed by atoms with E-state index < -0.39 is 10.0 Å². The molecule has 0 saturated heterocycles. The molecule has 0 aromatic carbocycles. The zero-order chi connectivity index (χ0) is 13.2. The Balaban J connectivity index is 2.04. The Hall–Kier alpha value is -1.18. The zero-order valence-corrected chi connectivity index (χ0v) is 10.7. The van der Waals surface area contributed by atoms with Gasteiger partial charge in [0.05, 0.1) is 4.90 Å². The quantitative estimate of drug-likeness (QED) is 0.668. The molecule has 0 amide bonds. The molecule has 6 nitrogen and oxygen atoms in total. The van der Waals surface area contributed by atoms with Crippen molar-refractivity contribution in [2.45, 2.75) is 24.2 Å². The molecule has 1 aromatic rings. The van der Waals surface area contributed by atoms with Crippen LogP contribution in [0.1, 0.15) is 19.3 Å². The van der Waals surface area contributed by atoms with Crippen LogP contribution in [0.3, 0.4) is 0 Å². The molecular weight excluding hydrogens is 256 g/mol. The van der Waals surface area contributed by atoms with Crippen molar-refractivity contribution < 1.29 is 13.5 Å². The standard InChI is InChI=1S/C11H16N2O4S/c14-6-5-11(3-4-11)8-13-18(16,17)9-1-2-10(15)12-7-9/h1-2,7,13-14H,3-6,8H2,(H,12,15). The Bertz CT molecular complexity index is 554. The van der Waals surface area contributed by atoms with Gasteiger partial charge in [-0.3, -0.25) is 4.79 Å². The average molecular weight is 272 g/mol. The molecule has 1 heterocycles. The minimum Gasteiger partial charge on any atom is -0.396 e. The SMILES string of the molecule is O=c1ccc(S(=O)(=O)NCC2(CCO)CC2)c[nH]1. The highest BCUT2D eigenvalue weighted by Gasteiger charge is 2.42. The molecule has 1 aliphatic carbocycles. The molecule has 100 valence electrons. The normalized spacial score (nSPS) is 17.6. The topological polar surface area (TPSA) is 99.3 Å². The van der Waals surface area contributed by atoms with Crippen LogP contribution in [-0.2, 0) is 10.0 Å². The maximum atomic E-state index is 11.9. The molecule has 0 atom stereocenters. The Morgan fingerprint density at radius 1 is 1.39 bits per heavy atom. The van der Waals surface area contributed by atoms with Crippen molar-refractivity contribution in [3.05, 3.63) is 28.7 Å². The molecule has 1 fully saturated rings. The van der Waals surface area contributed by atoms with Crippen LogP contribution >= 0.6 is 0 Å². The van der Waals surface area contributed by atoms with Crippen LogP contribution in [0.25, 0.3) is 0 Å². The van der Waals surface area contributed by atoms with Crippen LogP contribution in [0.4, 0.5) is 0 Å².